The highest BCUT2D eigenvalue weighted by molar-refractivity contribution is 7.87. The van der Waals surface area contributed by atoms with Gasteiger partial charge in [0, 0.05) is 18.1 Å². The molecule has 1 saturated heterocycles. The summed E-state index contributed by atoms with van der Waals surface area (Å²) in [7, 11) is -5.90. The van der Waals surface area contributed by atoms with Gasteiger partial charge in [0.05, 0.1) is 16.6 Å². The molecule has 0 bridgehead atoms. The molecule has 1 aliphatic rings. The van der Waals surface area contributed by atoms with Crippen molar-refractivity contribution in [2.75, 3.05) is 0 Å². The van der Waals surface area contributed by atoms with Crippen LogP contribution in [0.1, 0.15) is 36.7 Å². The molecule has 0 aromatic heterocycles. The van der Waals surface area contributed by atoms with Crippen LogP contribution in [0.2, 0.25) is 0 Å². The van der Waals surface area contributed by atoms with Crippen LogP contribution in [0, 0.1) is 10.1 Å². The average Bonchev–Trinajstić information content (AvgIpc) is 3.13. The van der Waals surface area contributed by atoms with Crippen molar-refractivity contribution in [2.24, 2.45) is 0 Å². The summed E-state index contributed by atoms with van der Waals surface area (Å²) >= 11 is 0. The molecule has 2 aromatic rings. The monoisotopic (exact) mass is 443 g/mol. The van der Waals surface area contributed by atoms with Crippen molar-refractivity contribution in [3.63, 3.8) is 0 Å². The first-order valence-corrected chi connectivity index (χ1v) is 10.1. The van der Waals surface area contributed by atoms with Crippen LogP contribution >= 0.6 is 0 Å². The maximum atomic E-state index is 12.8. The van der Waals surface area contributed by atoms with E-state index in [0.717, 1.165) is 6.92 Å². The number of benzene rings is 2. The molecule has 1 fully saturated rings. The third kappa shape index (κ3) is 4.31. The molecule has 1 heterocycles. The second kappa shape index (κ2) is 8.07. The Labute approximate surface area is 170 Å². The molecule has 160 valence electrons. The van der Waals surface area contributed by atoms with E-state index in [1.165, 1.54) is 24.3 Å². The first-order chi connectivity index (χ1) is 14.0. The van der Waals surface area contributed by atoms with Gasteiger partial charge in [-0.1, -0.05) is 42.5 Å². The Bertz CT molecular complexity index is 1080. The Morgan fingerprint density at radius 1 is 1.13 bits per heavy atom. The highest BCUT2D eigenvalue weighted by Gasteiger charge is 2.49. The Morgan fingerprint density at radius 3 is 2.33 bits per heavy atom. The second-order valence-corrected chi connectivity index (χ2v) is 8.04. The van der Waals surface area contributed by atoms with Crippen LogP contribution in [-0.4, -0.2) is 18.8 Å². The normalized spacial score (nSPS) is 21.3. The average molecular weight is 443 g/mol. The fourth-order valence-corrected chi connectivity index (χ4v) is 3.73. The first kappa shape index (κ1) is 21.8. The number of hydrogen-bond acceptors (Lipinski definition) is 6. The summed E-state index contributed by atoms with van der Waals surface area (Å²) in [6, 6.07) is 14.3. The molecule has 30 heavy (non-hydrogen) atoms. The van der Waals surface area contributed by atoms with Crippen molar-refractivity contribution in [1.29, 1.82) is 0 Å². The van der Waals surface area contributed by atoms with Gasteiger partial charge in [0.2, 0.25) is 0 Å². The molecular weight excluding hydrogens is 427 g/mol. The standard InChI is InChI=1S/C19H16F3NO6S/c1-12(29-30(26,27)19(20,21)22)15-11-17(13-7-3-2-4-8-13)28-18(15)14-9-5-6-10-16(14)23(24)25/h2-10,17-18H,11H2,1H3/b15-12-. The van der Waals surface area contributed by atoms with Crippen molar-refractivity contribution in [2.45, 2.75) is 31.1 Å². The van der Waals surface area contributed by atoms with Crippen molar-refractivity contribution in [1.82, 2.24) is 0 Å². The van der Waals surface area contributed by atoms with Gasteiger partial charge in [-0.05, 0) is 18.6 Å². The van der Waals surface area contributed by atoms with Gasteiger partial charge in [-0.15, -0.1) is 0 Å². The maximum Gasteiger partial charge on any atom is 0.534 e. The van der Waals surface area contributed by atoms with Gasteiger partial charge in [0.15, 0.2) is 0 Å². The van der Waals surface area contributed by atoms with Crippen LogP contribution in [0.25, 0.3) is 0 Å². The number of hydrogen-bond donors (Lipinski definition) is 0. The van der Waals surface area contributed by atoms with Crippen molar-refractivity contribution in [3.8, 4) is 0 Å². The fraction of sp³-hybridized carbons (Fsp3) is 0.263. The van der Waals surface area contributed by atoms with E-state index in [-0.39, 0.29) is 23.2 Å². The van der Waals surface area contributed by atoms with Gasteiger partial charge in [-0.2, -0.15) is 21.6 Å². The molecule has 3 rings (SSSR count). The third-order valence-electron chi connectivity index (χ3n) is 4.58. The van der Waals surface area contributed by atoms with Gasteiger partial charge in [0.25, 0.3) is 5.69 Å². The molecule has 1 aliphatic heterocycles. The van der Waals surface area contributed by atoms with Crippen LogP contribution in [0.3, 0.4) is 0 Å². The van der Waals surface area contributed by atoms with E-state index < -0.39 is 38.5 Å². The molecular formula is C19H16F3NO6S. The SMILES string of the molecule is C/C(OS(=O)(=O)C(F)(F)F)=C1\CC(c2ccccc2)OC1c1ccccc1[N+](=O)[O-]. The van der Waals surface area contributed by atoms with E-state index in [1.807, 2.05) is 0 Å². The molecule has 0 N–H and O–H groups in total. The summed E-state index contributed by atoms with van der Waals surface area (Å²) < 4.78 is 71.4. The molecule has 11 heteroatoms. The van der Waals surface area contributed by atoms with Crippen LogP contribution in [0.4, 0.5) is 18.9 Å². The zero-order chi connectivity index (χ0) is 22.1. The van der Waals surface area contributed by atoms with Crippen molar-refractivity contribution >= 4 is 15.8 Å². The van der Waals surface area contributed by atoms with E-state index in [0.29, 0.717) is 5.56 Å². The fourth-order valence-electron chi connectivity index (χ4n) is 3.20. The first-order valence-electron chi connectivity index (χ1n) is 8.65. The number of ether oxygens (including phenoxy) is 1. The number of nitro groups is 1. The number of rotatable bonds is 5. The van der Waals surface area contributed by atoms with Crippen LogP contribution in [0.15, 0.2) is 65.9 Å². The predicted octanol–water partition coefficient (Wildman–Crippen LogP) is 4.94. The molecule has 0 amide bonds. The number of nitrogens with zero attached hydrogens (tertiary/aromatic N) is 1. The lowest BCUT2D eigenvalue weighted by Gasteiger charge is -2.17. The van der Waals surface area contributed by atoms with E-state index in [1.54, 1.807) is 30.3 Å². The molecule has 0 spiro atoms. The minimum Gasteiger partial charge on any atom is -0.381 e. The van der Waals surface area contributed by atoms with Gasteiger partial charge in [0.1, 0.15) is 11.9 Å². The van der Waals surface area contributed by atoms with Crippen molar-refractivity contribution < 1.29 is 35.4 Å². The third-order valence-corrected chi connectivity index (χ3v) is 5.62. The van der Waals surface area contributed by atoms with E-state index in [9.17, 15) is 31.7 Å². The predicted molar refractivity (Wildman–Crippen MR) is 99.5 cm³/mol. The second-order valence-electron chi connectivity index (χ2n) is 6.50. The Kier molecular flexibility index (Phi) is 5.86. The van der Waals surface area contributed by atoms with Gasteiger partial charge in [-0.3, -0.25) is 10.1 Å². The Hall–Kier alpha value is -2.92. The highest BCUT2D eigenvalue weighted by Crippen LogP contribution is 2.48. The molecule has 0 radical (unpaired) electrons. The quantitative estimate of drug-likeness (QED) is 0.214. The number of halogens is 3. The lowest BCUT2D eigenvalue weighted by atomic mass is 9.96. The summed E-state index contributed by atoms with van der Waals surface area (Å²) in [5, 5.41) is 11.4. The Morgan fingerprint density at radius 2 is 1.73 bits per heavy atom. The summed E-state index contributed by atoms with van der Waals surface area (Å²) in [4.78, 5) is 10.8. The van der Waals surface area contributed by atoms with E-state index >= 15 is 0 Å². The highest BCUT2D eigenvalue weighted by atomic mass is 32.2. The van der Waals surface area contributed by atoms with Crippen LogP contribution < -0.4 is 0 Å². The molecule has 7 nitrogen and oxygen atoms in total. The number of allylic oxidation sites excluding steroid dienone is 1. The smallest absolute Gasteiger partial charge is 0.381 e. The van der Waals surface area contributed by atoms with Crippen LogP contribution in [-0.2, 0) is 19.0 Å². The number of nitro benzene ring substituents is 1. The summed E-state index contributed by atoms with van der Waals surface area (Å²) in [6.45, 7) is 1.07. The number of alkyl halides is 3. The zero-order valence-electron chi connectivity index (χ0n) is 15.5. The zero-order valence-corrected chi connectivity index (χ0v) is 16.3. The largest absolute Gasteiger partial charge is 0.534 e. The summed E-state index contributed by atoms with van der Waals surface area (Å²) in [6.07, 6.45) is -1.81. The van der Waals surface area contributed by atoms with Gasteiger partial charge >= 0.3 is 15.6 Å². The lowest BCUT2D eigenvalue weighted by Crippen LogP contribution is -2.25. The van der Waals surface area contributed by atoms with Crippen molar-refractivity contribution in [3.05, 3.63) is 87.2 Å². The van der Waals surface area contributed by atoms with E-state index in [4.69, 9.17) is 4.74 Å². The minimum absolute atomic E-state index is 0.0000605. The number of para-hydroxylation sites is 1. The van der Waals surface area contributed by atoms with E-state index in [2.05, 4.69) is 4.18 Å². The molecule has 2 atom stereocenters. The summed E-state index contributed by atoms with van der Waals surface area (Å²) in [5.41, 5.74) is -5.07. The lowest BCUT2D eigenvalue weighted by molar-refractivity contribution is -0.386. The van der Waals surface area contributed by atoms with Crippen LogP contribution in [0.5, 0.6) is 0 Å². The van der Waals surface area contributed by atoms with Gasteiger partial charge in [-0.25, -0.2) is 0 Å². The molecule has 2 unspecified atom stereocenters. The molecule has 0 aliphatic carbocycles. The Balaban J connectivity index is 2.09. The molecule has 2 aromatic carbocycles. The summed E-state index contributed by atoms with van der Waals surface area (Å²) in [5.74, 6) is -0.533. The molecule has 0 saturated carbocycles. The van der Waals surface area contributed by atoms with Gasteiger partial charge < -0.3 is 8.92 Å². The topological polar surface area (TPSA) is 95.7 Å². The minimum atomic E-state index is -5.90. The maximum absolute atomic E-state index is 12.8.